The molecule has 3 aromatic heterocycles. The minimum absolute atomic E-state index is 0.200. The van der Waals surface area contributed by atoms with Crippen LogP contribution in [0.15, 0.2) is 47.7 Å². The van der Waals surface area contributed by atoms with Gasteiger partial charge >= 0.3 is 0 Å². The van der Waals surface area contributed by atoms with Crippen LogP contribution in [0.4, 0.5) is 0 Å². The second kappa shape index (κ2) is 8.27. The predicted molar refractivity (Wildman–Crippen MR) is 107 cm³/mol. The summed E-state index contributed by atoms with van der Waals surface area (Å²) in [5.74, 6) is 0.628. The Balaban J connectivity index is 1.53. The van der Waals surface area contributed by atoms with Gasteiger partial charge in [-0.2, -0.15) is 0 Å². The van der Waals surface area contributed by atoms with E-state index < -0.39 is 0 Å². The van der Waals surface area contributed by atoms with Crippen molar-refractivity contribution in [2.24, 2.45) is 0 Å². The number of hydrogen-bond acceptors (Lipinski definition) is 6. The van der Waals surface area contributed by atoms with E-state index in [4.69, 9.17) is 4.74 Å². The molecule has 0 unspecified atom stereocenters. The molecule has 3 aromatic rings. The average molecular weight is 394 g/mol. The number of amides is 1. The summed E-state index contributed by atoms with van der Waals surface area (Å²) in [5, 5.41) is 4.85. The van der Waals surface area contributed by atoms with Crippen LogP contribution >= 0.6 is 0 Å². The minimum atomic E-state index is -0.253. The first kappa shape index (κ1) is 18.9. The summed E-state index contributed by atoms with van der Waals surface area (Å²) in [7, 11) is 1.52. The van der Waals surface area contributed by atoms with Crippen molar-refractivity contribution in [3.63, 3.8) is 0 Å². The van der Waals surface area contributed by atoms with Crippen molar-refractivity contribution in [3.8, 4) is 22.8 Å². The molecule has 9 heteroatoms. The molecule has 2 N–H and O–H groups in total. The number of H-pyrrole nitrogens is 1. The molecule has 0 spiro atoms. The number of rotatable bonds is 5. The molecule has 0 bridgehead atoms. The normalized spacial score (nSPS) is 14.5. The molecule has 0 aliphatic carbocycles. The quantitative estimate of drug-likeness (QED) is 0.683. The Morgan fingerprint density at radius 2 is 2.00 bits per heavy atom. The lowest BCUT2D eigenvalue weighted by Crippen LogP contribution is -2.45. The van der Waals surface area contributed by atoms with Gasteiger partial charge in [-0.05, 0) is 36.6 Å². The van der Waals surface area contributed by atoms with Crippen molar-refractivity contribution in [1.29, 1.82) is 0 Å². The number of piperidine rings is 1. The molecule has 1 aliphatic rings. The molecule has 1 aliphatic heterocycles. The Labute approximate surface area is 167 Å². The topological polar surface area (TPSA) is 105 Å². The molecule has 0 aromatic carbocycles. The van der Waals surface area contributed by atoms with Crippen molar-refractivity contribution < 1.29 is 9.53 Å². The largest absolute Gasteiger partial charge is 0.481 e. The van der Waals surface area contributed by atoms with Crippen LogP contribution in [0.1, 0.15) is 29.6 Å². The van der Waals surface area contributed by atoms with Gasteiger partial charge in [-0.25, -0.2) is 19.7 Å². The Morgan fingerprint density at radius 1 is 1.17 bits per heavy atom. The minimum Gasteiger partial charge on any atom is -0.481 e. The van der Waals surface area contributed by atoms with Crippen LogP contribution in [0.3, 0.4) is 0 Å². The fourth-order valence-corrected chi connectivity index (χ4v) is 3.30. The third-order valence-corrected chi connectivity index (χ3v) is 4.88. The summed E-state index contributed by atoms with van der Waals surface area (Å²) in [4.78, 5) is 33.5. The first-order chi connectivity index (χ1) is 14.2. The number of nitrogens with zero attached hydrogens (tertiary/aromatic N) is 4. The standard InChI is InChI=1S/C20H22N6O3/c1-29-18-11-14(7-8-21-18)16-13-23-26(20(16)28)17-6-5-15(12-22-17)19(27)24-25-9-3-2-4-10-25/h5-8,11-13,23H,2-4,9-10H2,1H3,(H,24,27). The van der Waals surface area contributed by atoms with Gasteiger partial charge in [-0.3, -0.25) is 20.1 Å². The van der Waals surface area contributed by atoms with E-state index in [0.29, 0.717) is 28.4 Å². The van der Waals surface area contributed by atoms with E-state index in [9.17, 15) is 9.59 Å². The van der Waals surface area contributed by atoms with Crippen LogP contribution < -0.4 is 15.7 Å². The lowest BCUT2D eigenvalue weighted by atomic mass is 10.1. The maximum absolute atomic E-state index is 12.8. The number of pyridine rings is 2. The highest BCUT2D eigenvalue weighted by molar-refractivity contribution is 5.93. The number of nitrogens with one attached hydrogen (secondary N) is 2. The van der Waals surface area contributed by atoms with E-state index in [1.165, 1.54) is 24.4 Å². The first-order valence-corrected chi connectivity index (χ1v) is 9.49. The summed E-state index contributed by atoms with van der Waals surface area (Å²) in [6, 6.07) is 6.72. The number of carbonyl (C=O) groups excluding carboxylic acids is 1. The number of aromatic amines is 1. The summed E-state index contributed by atoms with van der Waals surface area (Å²) in [5.41, 5.74) is 4.25. The summed E-state index contributed by atoms with van der Waals surface area (Å²) >= 11 is 0. The van der Waals surface area contributed by atoms with Crippen LogP contribution in [-0.2, 0) is 0 Å². The van der Waals surface area contributed by atoms with Gasteiger partial charge in [0.05, 0.1) is 18.2 Å². The van der Waals surface area contributed by atoms with Gasteiger partial charge in [0.2, 0.25) is 5.88 Å². The number of carbonyl (C=O) groups is 1. The maximum atomic E-state index is 12.8. The molecule has 9 nitrogen and oxygen atoms in total. The lowest BCUT2D eigenvalue weighted by molar-refractivity contribution is 0.0749. The number of methoxy groups -OCH3 is 1. The number of aromatic nitrogens is 4. The summed E-state index contributed by atoms with van der Waals surface area (Å²) in [6.07, 6.45) is 8.02. The van der Waals surface area contributed by atoms with Crippen molar-refractivity contribution in [1.82, 2.24) is 30.2 Å². The van der Waals surface area contributed by atoms with Crippen molar-refractivity contribution >= 4 is 5.91 Å². The number of hydrogen-bond donors (Lipinski definition) is 2. The van der Waals surface area contributed by atoms with E-state index in [2.05, 4.69) is 20.5 Å². The van der Waals surface area contributed by atoms with E-state index in [0.717, 1.165) is 25.9 Å². The Bertz CT molecular complexity index is 1050. The molecule has 0 radical (unpaired) electrons. The summed E-state index contributed by atoms with van der Waals surface area (Å²) in [6.45, 7) is 1.72. The Morgan fingerprint density at radius 3 is 2.72 bits per heavy atom. The van der Waals surface area contributed by atoms with Gasteiger partial charge < -0.3 is 4.74 Å². The first-order valence-electron chi connectivity index (χ1n) is 9.49. The number of ether oxygens (including phenoxy) is 1. The van der Waals surface area contributed by atoms with Crippen molar-refractivity contribution in [2.45, 2.75) is 19.3 Å². The van der Waals surface area contributed by atoms with Crippen LogP contribution in [0.25, 0.3) is 16.9 Å². The molecule has 29 heavy (non-hydrogen) atoms. The predicted octanol–water partition coefficient (Wildman–Crippen LogP) is 1.76. The van der Waals surface area contributed by atoms with Gasteiger partial charge in [0.25, 0.3) is 11.5 Å². The van der Waals surface area contributed by atoms with Gasteiger partial charge in [-0.1, -0.05) is 6.42 Å². The van der Waals surface area contributed by atoms with Crippen LogP contribution in [0.2, 0.25) is 0 Å². The zero-order valence-electron chi connectivity index (χ0n) is 16.1. The Kier molecular flexibility index (Phi) is 5.39. The van der Waals surface area contributed by atoms with Gasteiger partial charge in [-0.15, -0.1) is 0 Å². The molecule has 1 saturated heterocycles. The zero-order valence-corrected chi connectivity index (χ0v) is 16.1. The van der Waals surface area contributed by atoms with Crippen LogP contribution in [-0.4, -0.2) is 50.9 Å². The van der Waals surface area contributed by atoms with Gasteiger partial charge in [0.1, 0.15) is 0 Å². The molecule has 150 valence electrons. The van der Waals surface area contributed by atoms with Gasteiger partial charge in [0, 0.05) is 37.7 Å². The molecule has 0 saturated carbocycles. The fraction of sp³-hybridized carbons (Fsp3) is 0.300. The average Bonchev–Trinajstić information content (AvgIpc) is 3.16. The van der Waals surface area contributed by atoms with E-state index >= 15 is 0 Å². The highest BCUT2D eigenvalue weighted by Crippen LogP contribution is 2.19. The summed E-state index contributed by atoms with van der Waals surface area (Å²) < 4.78 is 6.44. The van der Waals surface area contributed by atoms with Gasteiger partial charge in [0.15, 0.2) is 5.82 Å². The molecule has 4 rings (SSSR count). The van der Waals surface area contributed by atoms with E-state index in [-0.39, 0.29) is 11.5 Å². The molecule has 4 heterocycles. The Hall–Kier alpha value is -3.46. The molecule has 0 atom stereocenters. The highest BCUT2D eigenvalue weighted by atomic mass is 16.5. The molecular formula is C20H22N6O3. The molecular weight excluding hydrogens is 372 g/mol. The SMILES string of the molecule is COc1cc(-c2c[nH]n(-c3ccc(C(=O)NN4CCCCC4)cn3)c2=O)ccn1. The maximum Gasteiger partial charge on any atom is 0.280 e. The number of hydrazine groups is 1. The second-order valence-electron chi connectivity index (χ2n) is 6.81. The second-order valence-corrected chi connectivity index (χ2v) is 6.81. The fourth-order valence-electron chi connectivity index (χ4n) is 3.30. The van der Waals surface area contributed by atoms with Crippen LogP contribution in [0.5, 0.6) is 5.88 Å². The van der Waals surface area contributed by atoms with E-state index in [1.807, 2.05) is 5.01 Å². The lowest BCUT2D eigenvalue weighted by Gasteiger charge is -2.26. The zero-order chi connectivity index (χ0) is 20.2. The van der Waals surface area contributed by atoms with Crippen molar-refractivity contribution in [3.05, 3.63) is 58.8 Å². The molecule has 1 amide bonds. The third kappa shape index (κ3) is 4.04. The monoisotopic (exact) mass is 394 g/mol. The van der Waals surface area contributed by atoms with Crippen LogP contribution in [0, 0.1) is 0 Å². The molecule has 1 fully saturated rings. The van der Waals surface area contributed by atoms with Crippen molar-refractivity contribution in [2.75, 3.05) is 20.2 Å². The van der Waals surface area contributed by atoms with E-state index in [1.54, 1.807) is 36.7 Å². The highest BCUT2D eigenvalue weighted by Gasteiger charge is 2.16. The smallest absolute Gasteiger partial charge is 0.280 e. The third-order valence-electron chi connectivity index (χ3n) is 4.88.